The Morgan fingerprint density at radius 3 is 2.53 bits per heavy atom. The second-order valence-electron chi connectivity index (χ2n) is 14.2. The van der Waals surface area contributed by atoms with E-state index in [0.717, 1.165) is 22.4 Å². The van der Waals surface area contributed by atoms with E-state index in [1.54, 1.807) is 13.8 Å². The fraction of sp³-hybridized carbons (Fsp3) is 0.432. The maximum absolute atomic E-state index is 14.3. The Morgan fingerprint density at radius 2 is 1.82 bits per heavy atom. The van der Waals surface area contributed by atoms with Crippen molar-refractivity contribution in [3.05, 3.63) is 82.8 Å². The van der Waals surface area contributed by atoms with Crippen LogP contribution in [0, 0.1) is 11.3 Å². The van der Waals surface area contributed by atoms with Gasteiger partial charge >= 0.3 is 5.97 Å². The van der Waals surface area contributed by atoms with Crippen molar-refractivity contribution in [3.8, 4) is 17.3 Å². The molecular weight excluding hydrogens is 628 g/mol. The predicted molar refractivity (Wildman–Crippen MR) is 177 cm³/mol. The molecule has 3 aliphatic rings. The quantitative estimate of drug-likeness (QED) is 0.214. The molecule has 7 rings (SSSR count). The Hall–Kier alpha value is -4.97. The molecule has 12 nitrogen and oxygen atoms in total. The second-order valence-corrected chi connectivity index (χ2v) is 14.2. The van der Waals surface area contributed by atoms with Gasteiger partial charge in [0.25, 0.3) is 0 Å². The van der Waals surface area contributed by atoms with Gasteiger partial charge in [0.05, 0.1) is 7.11 Å². The van der Waals surface area contributed by atoms with E-state index in [1.807, 2.05) is 63.2 Å². The number of benzene rings is 2. The molecule has 49 heavy (non-hydrogen) atoms. The average molecular weight is 669 g/mol. The number of nitrogens with one attached hydrogen (secondary N) is 2. The Morgan fingerprint density at radius 1 is 1.06 bits per heavy atom. The number of aliphatic hydroxyl groups is 1. The zero-order chi connectivity index (χ0) is 34.9. The maximum Gasteiger partial charge on any atom is 0.360 e. The van der Waals surface area contributed by atoms with Crippen molar-refractivity contribution in [2.45, 2.75) is 83.6 Å². The predicted octanol–water partition coefficient (Wildman–Crippen LogP) is 5.48. The smallest absolute Gasteiger partial charge is 0.360 e. The highest BCUT2D eigenvalue weighted by molar-refractivity contribution is 5.92. The van der Waals surface area contributed by atoms with E-state index >= 15 is 0 Å². The lowest BCUT2D eigenvalue weighted by molar-refractivity contribution is -0.142. The molecular formula is C37H40N4O8. The van der Waals surface area contributed by atoms with E-state index in [9.17, 15) is 19.5 Å². The van der Waals surface area contributed by atoms with Gasteiger partial charge in [0.2, 0.25) is 17.7 Å². The van der Waals surface area contributed by atoms with Gasteiger partial charge in [-0.25, -0.2) is 14.8 Å². The standard InChI is InChI=1S/C37H40N4O8/c1-7-36(45,8-2)26(42)17-20-15-19-13-14-25-22(16-19)37(21-11-9-10-12-23(21)39-34(37)48-25)29-27(31-38-24(18-47-31)33(44)46-6)40-32(49-29)28(35(3,4)5)41-30(20)43/h9-14,16,18,20,28,34,39,45H,7-8,15,17H2,1-6H3,(H,41,43)/t20-,28-,34+,37?/m1/s1. The van der Waals surface area contributed by atoms with E-state index in [1.165, 1.54) is 13.4 Å². The first-order chi connectivity index (χ1) is 23.3. The monoisotopic (exact) mass is 668 g/mol. The van der Waals surface area contributed by atoms with Crippen LogP contribution in [0.2, 0.25) is 0 Å². The summed E-state index contributed by atoms with van der Waals surface area (Å²) in [5.74, 6) is -1.03. The summed E-state index contributed by atoms with van der Waals surface area (Å²) in [5, 5.41) is 17.8. The lowest BCUT2D eigenvalue weighted by Gasteiger charge is -2.32. The molecule has 1 unspecified atom stereocenters. The first-order valence-corrected chi connectivity index (χ1v) is 16.6. The molecule has 12 heteroatoms. The highest BCUT2D eigenvalue weighted by Gasteiger charge is 2.61. The number of ether oxygens (including phenoxy) is 2. The summed E-state index contributed by atoms with van der Waals surface area (Å²) < 4.78 is 24.2. The van der Waals surface area contributed by atoms with Gasteiger partial charge in [-0.3, -0.25) is 9.59 Å². The third-order valence-corrected chi connectivity index (χ3v) is 10.2. The van der Waals surface area contributed by atoms with Gasteiger partial charge in [-0.05, 0) is 47.9 Å². The van der Waals surface area contributed by atoms with Gasteiger partial charge in [0, 0.05) is 23.6 Å². The Labute approximate surface area is 283 Å². The zero-order valence-corrected chi connectivity index (χ0v) is 28.4. The lowest BCUT2D eigenvalue weighted by Crippen LogP contribution is -2.44. The van der Waals surface area contributed by atoms with E-state index in [4.69, 9.17) is 23.3 Å². The topological polar surface area (TPSA) is 166 Å². The zero-order valence-electron chi connectivity index (χ0n) is 28.4. The van der Waals surface area contributed by atoms with Crippen molar-refractivity contribution in [2.24, 2.45) is 11.3 Å². The van der Waals surface area contributed by atoms with Gasteiger partial charge in [0.1, 0.15) is 29.1 Å². The highest BCUT2D eigenvalue weighted by atomic mass is 16.5. The number of nitrogens with zero attached hydrogens (tertiary/aromatic N) is 2. The van der Waals surface area contributed by atoms with Crippen LogP contribution in [-0.4, -0.2) is 51.7 Å². The van der Waals surface area contributed by atoms with Gasteiger partial charge < -0.3 is 34.0 Å². The van der Waals surface area contributed by atoms with E-state index in [2.05, 4.69) is 15.6 Å². The lowest BCUT2D eigenvalue weighted by atomic mass is 9.72. The minimum atomic E-state index is -1.53. The molecule has 4 aromatic rings. The second kappa shape index (κ2) is 11.6. The van der Waals surface area contributed by atoms with Gasteiger partial charge in [-0.2, -0.15) is 0 Å². The van der Waals surface area contributed by atoms with Gasteiger partial charge in [-0.15, -0.1) is 0 Å². The molecule has 1 spiro atoms. The first kappa shape index (κ1) is 32.6. The number of esters is 1. The van der Waals surface area contributed by atoms with E-state index in [-0.39, 0.29) is 60.5 Å². The summed E-state index contributed by atoms with van der Waals surface area (Å²) >= 11 is 0. The van der Waals surface area contributed by atoms with Crippen molar-refractivity contribution in [2.75, 3.05) is 12.4 Å². The molecule has 2 aromatic heterocycles. The van der Waals surface area contributed by atoms with Gasteiger partial charge in [-0.1, -0.05) is 65.0 Å². The molecule has 0 saturated heterocycles. The molecule has 0 fully saturated rings. The number of amides is 1. The third kappa shape index (κ3) is 5.03. The number of hydrogen-bond donors (Lipinski definition) is 3. The molecule has 4 bridgehead atoms. The fourth-order valence-electron chi connectivity index (χ4n) is 7.32. The molecule has 1 amide bonds. The largest absolute Gasteiger partial charge is 0.469 e. The number of hydrogen-bond acceptors (Lipinski definition) is 11. The highest BCUT2D eigenvalue weighted by Crippen LogP contribution is 2.59. The van der Waals surface area contributed by atoms with Crippen LogP contribution in [0.25, 0.3) is 11.6 Å². The number of fused-ring (bicyclic) bond motifs is 4. The Kier molecular flexibility index (Phi) is 7.70. The van der Waals surface area contributed by atoms with E-state index < -0.39 is 40.6 Å². The first-order valence-electron chi connectivity index (χ1n) is 16.6. The van der Waals surface area contributed by atoms with Crippen molar-refractivity contribution in [1.29, 1.82) is 0 Å². The van der Waals surface area contributed by atoms with Crippen LogP contribution in [0.15, 0.2) is 57.6 Å². The van der Waals surface area contributed by atoms with Crippen molar-refractivity contribution in [3.63, 3.8) is 0 Å². The summed E-state index contributed by atoms with van der Waals surface area (Å²) in [6, 6.07) is 12.8. The number of carbonyl (C=O) groups is 3. The van der Waals surface area contributed by atoms with Crippen LogP contribution in [0.4, 0.5) is 5.69 Å². The Bertz CT molecular complexity index is 1970. The molecule has 3 aliphatic heterocycles. The fourth-order valence-corrected chi connectivity index (χ4v) is 7.32. The van der Waals surface area contributed by atoms with Crippen LogP contribution in [-0.2, 0) is 26.2 Å². The number of oxazole rings is 2. The molecule has 0 saturated carbocycles. The third-order valence-electron chi connectivity index (χ3n) is 10.2. The Balaban J connectivity index is 1.49. The van der Waals surface area contributed by atoms with Crippen LogP contribution >= 0.6 is 0 Å². The van der Waals surface area contributed by atoms with Crippen LogP contribution in [0.1, 0.15) is 98.8 Å². The van der Waals surface area contributed by atoms with Crippen molar-refractivity contribution < 1.29 is 37.8 Å². The SMILES string of the molecule is CCC(O)(CC)C(=O)C[C@H]1Cc2ccc3c(c2)C2(c4ccccc4N[C@H]2O3)c2oc(nc2-c2nc(C(=O)OC)co2)[C@H](C(C)(C)C)NC1=O. The number of para-hydroxylation sites is 1. The number of rotatable bonds is 7. The molecule has 0 radical (unpaired) electrons. The van der Waals surface area contributed by atoms with Crippen LogP contribution in [0.5, 0.6) is 5.75 Å². The molecule has 5 heterocycles. The maximum atomic E-state index is 14.3. The number of carbonyl (C=O) groups excluding carboxylic acids is 3. The van der Waals surface area contributed by atoms with Crippen molar-refractivity contribution in [1.82, 2.24) is 15.3 Å². The number of Topliss-reactive ketones (excluding diaryl/α,β-unsaturated/α-hetero) is 1. The molecule has 2 aromatic carbocycles. The van der Waals surface area contributed by atoms with Crippen molar-refractivity contribution >= 4 is 23.3 Å². The molecule has 256 valence electrons. The summed E-state index contributed by atoms with van der Waals surface area (Å²) in [6.07, 6.45) is 1.13. The minimum absolute atomic E-state index is 0.0308. The molecule has 3 N–H and O–H groups in total. The van der Waals surface area contributed by atoms with E-state index in [0.29, 0.717) is 11.5 Å². The summed E-state index contributed by atoms with van der Waals surface area (Å²) in [6.45, 7) is 9.39. The molecule has 4 atom stereocenters. The minimum Gasteiger partial charge on any atom is -0.469 e. The number of ketones is 1. The molecule has 0 aliphatic carbocycles. The van der Waals surface area contributed by atoms with Crippen LogP contribution in [0.3, 0.4) is 0 Å². The average Bonchev–Trinajstić information content (AvgIpc) is 3.86. The van der Waals surface area contributed by atoms with Crippen LogP contribution < -0.4 is 15.4 Å². The summed E-state index contributed by atoms with van der Waals surface area (Å²) in [7, 11) is 1.26. The summed E-state index contributed by atoms with van der Waals surface area (Å²) in [5.41, 5.74) is 0.237. The number of anilines is 1. The number of aromatic nitrogens is 2. The number of methoxy groups -OCH3 is 1. The summed E-state index contributed by atoms with van der Waals surface area (Å²) in [4.78, 5) is 49.6. The van der Waals surface area contributed by atoms with Gasteiger partial charge in [0.15, 0.2) is 29.2 Å². The normalized spacial score (nSPS) is 22.5.